The van der Waals surface area contributed by atoms with Crippen LogP contribution < -0.4 is 5.32 Å². The summed E-state index contributed by atoms with van der Waals surface area (Å²) in [6, 6.07) is 10.7. The molecule has 1 aromatic carbocycles. The van der Waals surface area contributed by atoms with Crippen molar-refractivity contribution >= 4 is 0 Å². The fourth-order valence-electron chi connectivity index (χ4n) is 4.35. The van der Waals surface area contributed by atoms with Crippen molar-refractivity contribution in [3.05, 3.63) is 47.8 Å². The van der Waals surface area contributed by atoms with Crippen molar-refractivity contribution in [1.82, 2.24) is 15.1 Å². The summed E-state index contributed by atoms with van der Waals surface area (Å²) < 4.78 is 2.22. The summed E-state index contributed by atoms with van der Waals surface area (Å²) >= 11 is 0. The van der Waals surface area contributed by atoms with E-state index in [0.29, 0.717) is 11.8 Å². The van der Waals surface area contributed by atoms with Gasteiger partial charge in [0, 0.05) is 12.5 Å². The molecule has 2 fully saturated rings. The normalized spacial score (nSPS) is 23.0. The topological polar surface area (TPSA) is 29.9 Å². The second-order valence-corrected chi connectivity index (χ2v) is 7.11. The zero-order valence-corrected chi connectivity index (χ0v) is 13.9. The van der Waals surface area contributed by atoms with Crippen LogP contribution in [0.2, 0.25) is 0 Å². The van der Waals surface area contributed by atoms with Crippen LogP contribution in [0.1, 0.15) is 68.0 Å². The molecule has 2 heterocycles. The van der Waals surface area contributed by atoms with Crippen molar-refractivity contribution in [3.63, 3.8) is 0 Å². The molecule has 1 aliphatic carbocycles. The lowest BCUT2D eigenvalue weighted by Crippen LogP contribution is -2.14. The number of aromatic nitrogens is 2. The van der Waals surface area contributed by atoms with E-state index >= 15 is 0 Å². The smallest absolute Gasteiger partial charge is 0.0649 e. The van der Waals surface area contributed by atoms with E-state index in [-0.39, 0.29) is 0 Å². The van der Waals surface area contributed by atoms with Gasteiger partial charge >= 0.3 is 0 Å². The largest absolute Gasteiger partial charge is 0.316 e. The van der Waals surface area contributed by atoms with Gasteiger partial charge in [-0.05, 0) is 49.4 Å². The number of nitrogens with zero attached hydrogens (tertiary/aromatic N) is 2. The Morgan fingerprint density at radius 3 is 2.39 bits per heavy atom. The third-order valence-electron chi connectivity index (χ3n) is 5.58. The molecule has 1 atom stereocenters. The number of hydrogen-bond donors (Lipinski definition) is 1. The highest BCUT2D eigenvalue weighted by atomic mass is 15.3. The van der Waals surface area contributed by atoms with Crippen LogP contribution in [0.4, 0.5) is 0 Å². The Balaban J connectivity index is 1.75. The Bertz CT molecular complexity index is 618. The van der Waals surface area contributed by atoms with Crippen molar-refractivity contribution in [2.45, 2.75) is 56.8 Å². The molecule has 3 heteroatoms. The van der Waals surface area contributed by atoms with E-state index in [1.165, 1.54) is 61.9 Å². The molecule has 1 aromatic heterocycles. The number of para-hydroxylation sites is 1. The maximum atomic E-state index is 4.83. The SMILES string of the molecule is c1ccc(-n2ncc(C3CCCCCC3)c2C2CCNC2)cc1. The molecule has 2 aromatic rings. The maximum Gasteiger partial charge on any atom is 0.0649 e. The summed E-state index contributed by atoms with van der Waals surface area (Å²) in [5, 5.41) is 8.37. The van der Waals surface area contributed by atoms with E-state index in [2.05, 4.69) is 46.5 Å². The van der Waals surface area contributed by atoms with E-state index in [9.17, 15) is 0 Å². The van der Waals surface area contributed by atoms with E-state index in [4.69, 9.17) is 5.10 Å². The lowest BCUT2D eigenvalue weighted by molar-refractivity contribution is 0.574. The molecule has 1 N–H and O–H groups in total. The Labute approximate surface area is 139 Å². The van der Waals surface area contributed by atoms with Crippen LogP contribution in [-0.4, -0.2) is 22.9 Å². The zero-order chi connectivity index (χ0) is 15.5. The van der Waals surface area contributed by atoms with Crippen molar-refractivity contribution < 1.29 is 0 Å². The van der Waals surface area contributed by atoms with E-state index in [0.717, 1.165) is 13.1 Å². The molecule has 0 amide bonds. The lowest BCUT2D eigenvalue weighted by atomic mass is 9.88. The maximum absolute atomic E-state index is 4.83. The predicted octanol–water partition coefficient (Wildman–Crippen LogP) is 4.39. The number of rotatable bonds is 3. The fourth-order valence-corrected chi connectivity index (χ4v) is 4.35. The van der Waals surface area contributed by atoms with Gasteiger partial charge in [-0.3, -0.25) is 0 Å². The third kappa shape index (κ3) is 3.07. The number of hydrogen-bond acceptors (Lipinski definition) is 2. The fraction of sp³-hybridized carbons (Fsp3) is 0.550. The van der Waals surface area contributed by atoms with Crippen LogP contribution in [0.3, 0.4) is 0 Å². The molecule has 2 aliphatic rings. The minimum atomic E-state index is 0.607. The highest BCUT2D eigenvalue weighted by Crippen LogP contribution is 2.38. The van der Waals surface area contributed by atoms with Crippen LogP contribution in [0.15, 0.2) is 36.5 Å². The van der Waals surface area contributed by atoms with Gasteiger partial charge in [-0.25, -0.2) is 4.68 Å². The number of nitrogens with one attached hydrogen (secondary N) is 1. The van der Waals surface area contributed by atoms with Gasteiger partial charge in [0.2, 0.25) is 0 Å². The second kappa shape index (κ2) is 6.88. The van der Waals surface area contributed by atoms with E-state index in [1.54, 1.807) is 0 Å². The standard InChI is InChI=1S/C20H27N3/c1-2-5-9-16(8-4-1)19-15-22-23(18-10-6-3-7-11-18)20(19)17-12-13-21-14-17/h3,6-7,10-11,15-17,21H,1-2,4-5,8-9,12-14H2. The molecule has 0 bridgehead atoms. The van der Waals surface area contributed by atoms with Crippen LogP contribution in [0.5, 0.6) is 0 Å². The van der Waals surface area contributed by atoms with Crippen molar-refractivity contribution in [1.29, 1.82) is 0 Å². The van der Waals surface area contributed by atoms with Crippen LogP contribution >= 0.6 is 0 Å². The molecule has 1 aliphatic heterocycles. The van der Waals surface area contributed by atoms with E-state index < -0.39 is 0 Å². The van der Waals surface area contributed by atoms with Crippen LogP contribution in [0, 0.1) is 0 Å². The first-order chi connectivity index (χ1) is 11.4. The van der Waals surface area contributed by atoms with Gasteiger partial charge in [0.1, 0.15) is 0 Å². The van der Waals surface area contributed by atoms with Gasteiger partial charge < -0.3 is 5.32 Å². The summed E-state index contributed by atoms with van der Waals surface area (Å²) in [7, 11) is 0. The minimum absolute atomic E-state index is 0.607. The second-order valence-electron chi connectivity index (χ2n) is 7.11. The van der Waals surface area contributed by atoms with Gasteiger partial charge in [-0.15, -0.1) is 0 Å². The molecule has 1 unspecified atom stereocenters. The predicted molar refractivity (Wildman–Crippen MR) is 94.2 cm³/mol. The zero-order valence-electron chi connectivity index (χ0n) is 13.9. The molecule has 0 spiro atoms. The van der Waals surface area contributed by atoms with Gasteiger partial charge in [-0.1, -0.05) is 43.9 Å². The molecule has 0 radical (unpaired) electrons. The Hall–Kier alpha value is -1.61. The average Bonchev–Trinajstić information content (AvgIpc) is 3.19. The molecule has 122 valence electrons. The summed E-state index contributed by atoms with van der Waals surface area (Å²) in [6.45, 7) is 2.23. The summed E-state index contributed by atoms with van der Waals surface area (Å²) in [4.78, 5) is 0. The highest BCUT2D eigenvalue weighted by Gasteiger charge is 2.28. The minimum Gasteiger partial charge on any atom is -0.316 e. The van der Waals surface area contributed by atoms with Crippen molar-refractivity contribution in [2.24, 2.45) is 0 Å². The first kappa shape index (κ1) is 14.9. The van der Waals surface area contributed by atoms with Crippen LogP contribution in [0.25, 0.3) is 5.69 Å². The monoisotopic (exact) mass is 309 g/mol. The van der Waals surface area contributed by atoms with Crippen molar-refractivity contribution in [3.8, 4) is 5.69 Å². The molecule has 4 rings (SSSR count). The molecule has 3 nitrogen and oxygen atoms in total. The summed E-state index contributed by atoms with van der Waals surface area (Å²) in [5.41, 5.74) is 4.21. The molecular formula is C20H27N3. The lowest BCUT2D eigenvalue weighted by Gasteiger charge is -2.20. The first-order valence-electron chi connectivity index (χ1n) is 9.27. The van der Waals surface area contributed by atoms with Crippen molar-refractivity contribution in [2.75, 3.05) is 13.1 Å². The average molecular weight is 309 g/mol. The van der Waals surface area contributed by atoms with Gasteiger partial charge in [0.15, 0.2) is 0 Å². The third-order valence-corrected chi connectivity index (χ3v) is 5.58. The molecule has 1 saturated heterocycles. The van der Waals surface area contributed by atoms with Gasteiger partial charge in [-0.2, -0.15) is 5.10 Å². The van der Waals surface area contributed by atoms with E-state index in [1.807, 2.05) is 0 Å². The quantitative estimate of drug-likeness (QED) is 0.852. The molecular weight excluding hydrogens is 282 g/mol. The first-order valence-corrected chi connectivity index (χ1v) is 9.27. The Kier molecular flexibility index (Phi) is 4.47. The highest BCUT2D eigenvalue weighted by molar-refractivity contribution is 5.38. The van der Waals surface area contributed by atoms with Crippen LogP contribution in [-0.2, 0) is 0 Å². The van der Waals surface area contributed by atoms with Gasteiger partial charge in [0.25, 0.3) is 0 Å². The summed E-state index contributed by atoms with van der Waals surface area (Å²) in [6.07, 6.45) is 11.7. The molecule has 23 heavy (non-hydrogen) atoms. The molecule has 1 saturated carbocycles. The Morgan fingerprint density at radius 2 is 1.70 bits per heavy atom. The summed E-state index contributed by atoms with van der Waals surface area (Å²) in [5.74, 6) is 1.32. The Morgan fingerprint density at radius 1 is 0.913 bits per heavy atom. The van der Waals surface area contributed by atoms with Gasteiger partial charge in [0.05, 0.1) is 17.6 Å². The number of benzene rings is 1.